The van der Waals surface area contributed by atoms with Crippen LogP contribution in [0.15, 0.2) is 15.7 Å². The summed E-state index contributed by atoms with van der Waals surface area (Å²) in [4.78, 5) is 41.4. The summed E-state index contributed by atoms with van der Waals surface area (Å²) in [5.41, 5.74) is 7.38. The number of nitrogens with two attached hydrogens (primary N) is 1. The minimum Gasteiger partial charge on any atom is -0.344 e. The van der Waals surface area contributed by atoms with Crippen molar-refractivity contribution < 1.29 is 0 Å². The quantitative estimate of drug-likeness (QED) is 0.626. The highest BCUT2D eigenvalue weighted by atomic mass is 16.2. The van der Waals surface area contributed by atoms with E-state index in [1.54, 1.807) is 7.05 Å². The third-order valence-electron chi connectivity index (χ3n) is 4.76. The molecular formula is C19H28N8O2. The number of imidazole rings is 1. The van der Waals surface area contributed by atoms with Crippen LogP contribution in [0, 0.1) is 13.8 Å². The van der Waals surface area contributed by atoms with Crippen molar-refractivity contribution in [1.29, 1.82) is 0 Å². The van der Waals surface area contributed by atoms with Gasteiger partial charge in [0.25, 0.3) is 5.56 Å². The average molecular weight is 400 g/mol. The van der Waals surface area contributed by atoms with Crippen molar-refractivity contribution in [3.05, 3.63) is 44.1 Å². The van der Waals surface area contributed by atoms with Gasteiger partial charge in [-0.05, 0) is 33.8 Å². The Balaban J connectivity index is 2.23. The van der Waals surface area contributed by atoms with Crippen LogP contribution in [0.1, 0.15) is 31.1 Å². The molecule has 0 aromatic carbocycles. The lowest BCUT2D eigenvalue weighted by Gasteiger charge is -2.20. The van der Waals surface area contributed by atoms with Gasteiger partial charge in [0, 0.05) is 44.6 Å². The highest BCUT2D eigenvalue weighted by Gasteiger charge is 2.22. The van der Waals surface area contributed by atoms with Crippen molar-refractivity contribution in [1.82, 2.24) is 28.7 Å². The maximum absolute atomic E-state index is 13.3. The molecular weight excluding hydrogens is 372 g/mol. The van der Waals surface area contributed by atoms with Crippen LogP contribution in [0.2, 0.25) is 0 Å². The molecule has 1 atom stereocenters. The first-order chi connectivity index (χ1) is 13.6. The van der Waals surface area contributed by atoms with E-state index in [1.165, 1.54) is 9.13 Å². The molecule has 0 spiro atoms. The molecule has 0 aliphatic carbocycles. The third-order valence-corrected chi connectivity index (χ3v) is 4.76. The maximum atomic E-state index is 13.3. The Morgan fingerprint density at radius 3 is 2.31 bits per heavy atom. The molecule has 10 nitrogen and oxygen atoms in total. The van der Waals surface area contributed by atoms with Crippen molar-refractivity contribution >= 4 is 17.1 Å². The van der Waals surface area contributed by atoms with Crippen LogP contribution >= 0.6 is 0 Å². The molecule has 3 heterocycles. The fourth-order valence-corrected chi connectivity index (χ4v) is 3.62. The van der Waals surface area contributed by atoms with E-state index in [-0.39, 0.29) is 12.6 Å². The summed E-state index contributed by atoms with van der Waals surface area (Å²) in [5, 5.41) is 0. The van der Waals surface area contributed by atoms with E-state index in [4.69, 9.17) is 5.73 Å². The van der Waals surface area contributed by atoms with Gasteiger partial charge in [-0.3, -0.25) is 13.9 Å². The Bertz CT molecular complexity index is 1150. The zero-order valence-electron chi connectivity index (χ0n) is 17.8. The molecule has 156 valence electrons. The van der Waals surface area contributed by atoms with Crippen molar-refractivity contribution in [2.45, 2.75) is 46.8 Å². The number of nitrogens with zero attached hydrogens (tertiary/aromatic N) is 7. The normalized spacial score (nSPS) is 12.5. The molecule has 0 radical (unpaired) electrons. The minimum atomic E-state index is -0.451. The molecule has 0 saturated carbocycles. The number of hydrogen-bond acceptors (Lipinski definition) is 7. The number of rotatable bonds is 6. The number of hydrogen-bond donors (Lipinski definition) is 1. The fraction of sp³-hybridized carbons (Fsp3) is 0.526. The monoisotopic (exact) mass is 400 g/mol. The lowest BCUT2D eigenvalue weighted by atomic mass is 10.3. The van der Waals surface area contributed by atoms with E-state index in [9.17, 15) is 9.59 Å². The third kappa shape index (κ3) is 3.80. The Morgan fingerprint density at radius 2 is 1.76 bits per heavy atom. The van der Waals surface area contributed by atoms with E-state index in [1.807, 2.05) is 50.3 Å². The highest BCUT2D eigenvalue weighted by Crippen LogP contribution is 2.18. The van der Waals surface area contributed by atoms with Crippen LogP contribution in [0.3, 0.4) is 0 Å². The van der Waals surface area contributed by atoms with Gasteiger partial charge in [-0.15, -0.1) is 0 Å². The Labute approximate surface area is 168 Å². The molecule has 2 N–H and O–H groups in total. The lowest BCUT2D eigenvalue weighted by molar-refractivity contribution is 0.627. The largest absolute Gasteiger partial charge is 0.344 e. The van der Waals surface area contributed by atoms with Gasteiger partial charge in [0.15, 0.2) is 11.2 Å². The van der Waals surface area contributed by atoms with Crippen LogP contribution < -0.4 is 21.9 Å². The van der Waals surface area contributed by atoms with Gasteiger partial charge < -0.3 is 15.2 Å². The standard InChI is InChI=1S/C19H28N8O2/c1-7-26-15-16(23-18(26)24(5)9-11(2)20)25(6)19(29)27(17(15)28)10-14-21-12(3)8-13(4)22-14/h8,11H,7,9-10,20H2,1-6H3. The summed E-state index contributed by atoms with van der Waals surface area (Å²) in [5.74, 6) is 1.03. The summed E-state index contributed by atoms with van der Waals surface area (Å²) in [7, 11) is 3.49. The Kier molecular flexibility index (Phi) is 5.56. The predicted octanol–water partition coefficient (Wildman–Crippen LogP) is 0.155. The molecule has 3 aromatic rings. The summed E-state index contributed by atoms with van der Waals surface area (Å²) in [6.45, 7) is 8.66. The number of aromatic nitrogens is 6. The SMILES string of the molecule is CCn1c(N(C)CC(C)N)nc2c1c(=O)n(Cc1nc(C)cc(C)n1)c(=O)n2C. The first kappa shape index (κ1) is 20.7. The van der Waals surface area contributed by atoms with Crippen LogP contribution in [0.5, 0.6) is 0 Å². The zero-order valence-corrected chi connectivity index (χ0v) is 17.8. The summed E-state index contributed by atoms with van der Waals surface area (Å²) >= 11 is 0. The van der Waals surface area contributed by atoms with Crippen LogP contribution in [-0.2, 0) is 20.1 Å². The van der Waals surface area contributed by atoms with E-state index in [2.05, 4.69) is 15.0 Å². The lowest BCUT2D eigenvalue weighted by Crippen LogP contribution is -2.40. The molecule has 0 bridgehead atoms. The van der Waals surface area contributed by atoms with Gasteiger partial charge in [-0.2, -0.15) is 4.98 Å². The zero-order chi connectivity index (χ0) is 21.5. The van der Waals surface area contributed by atoms with Crippen LogP contribution in [-0.4, -0.2) is 48.3 Å². The summed E-state index contributed by atoms with van der Waals surface area (Å²) in [6.07, 6.45) is 0. The van der Waals surface area contributed by atoms with Gasteiger partial charge >= 0.3 is 5.69 Å². The molecule has 3 rings (SSSR count). The van der Waals surface area contributed by atoms with E-state index < -0.39 is 11.2 Å². The molecule has 29 heavy (non-hydrogen) atoms. The molecule has 0 amide bonds. The van der Waals surface area contributed by atoms with Crippen LogP contribution in [0.25, 0.3) is 11.2 Å². The first-order valence-corrected chi connectivity index (χ1v) is 9.62. The predicted molar refractivity (Wildman–Crippen MR) is 112 cm³/mol. The van der Waals surface area contributed by atoms with Crippen molar-refractivity contribution in [3.8, 4) is 0 Å². The van der Waals surface area contributed by atoms with Crippen molar-refractivity contribution in [2.75, 3.05) is 18.5 Å². The smallest absolute Gasteiger partial charge is 0.332 e. The fourth-order valence-electron chi connectivity index (χ4n) is 3.62. The highest BCUT2D eigenvalue weighted by molar-refractivity contribution is 5.74. The minimum absolute atomic E-state index is 0.00384. The van der Waals surface area contributed by atoms with Gasteiger partial charge in [0.2, 0.25) is 5.95 Å². The average Bonchev–Trinajstić information content (AvgIpc) is 3.02. The van der Waals surface area contributed by atoms with Crippen LogP contribution in [0.4, 0.5) is 5.95 Å². The molecule has 0 aliphatic heterocycles. The number of aryl methyl sites for hydroxylation is 4. The number of fused-ring (bicyclic) bond motifs is 1. The van der Waals surface area contributed by atoms with Gasteiger partial charge in [-0.1, -0.05) is 0 Å². The van der Waals surface area contributed by atoms with Gasteiger partial charge in [0.1, 0.15) is 5.82 Å². The number of likely N-dealkylation sites (N-methyl/N-ethyl adjacent to an activating group) is 1. The van der Waals surface area contributed by atoms with E-state index in [0.717, 1.165) is 11.4 Å². The molecule has 10 heteroatoms. The second-order valence-corrected chi connectivity index (χ2v) is 7.49. The van der Waals surface area contributed by atoms with Gasteiger partial charge in [-0.25, -0.2) is 14.8 Å². The number of anilines is 1. The Hall–Kier alpha value is -3.01. The summed E-state index contributed by atoms with van der Waals surface area (Å²) in [6, 6.07) is 1.78. The maximum Gasteiger partial charge on any atom is 0.332 e. The second-order valence-electron chi connectivity index (χ2n) is 7.49. The molecule has 0 aliphatic rings. The summed E-state index contributed by atoms with van der Waals surface area (Å²) < 4.78 is 4.38. The van der Waals surface area contributed by atoms with Crippen molar-refractivity contribution in [3.63, 3.8) is 0 Å². The van der Waals surface area contributed by atoms with E-state index >= 15 is 0 Å². The topological polar surface area (TPSA) is 117 Å². The molecule has 0 fully saturated rings. The Morgan fingerprint density at radius 1 is 1.14 bits per heavy atom. The molecule has 1 unspecified atom stereocenters. The van der Waals surface area contributed by atoms with E-state index in [0.29, 0.717) is 36.0 Å². The molecule has 3 aromatic heterocycles. The van der Waals surface area contributed by atoms with Crippen molar-refractivity contribution in [2.24, 2.45) is 12.8 Å². The first-order valence-electron chi connectivity index (χ1n) is 9.62. The second kappa shape index (κ2) is 7.78. The van der Waals surface area contributed by atoms with Gasteiger partial charge in [0.05, 0.1) is 6.54 Å². The molecule has 0 saturated heterocycles.